The molecule has 1 unspecified atom stereocenters. The Balaban J connectivity index is 2.34. The summed E-state index contributed by atoms with van der Waals surface area (Å²) in [4.78, 5) is 22.2. The molecule has 0 saturated carbocycles. The number of ketones is 1. The molecule has 0 heterocycles. The molecule has 0 saturated heterocycles. The minimum Gasteiger partial charge on any atom is -0.338 e. The topological polar surface area (TPSA) is 58.2 Å². The zero-order valence-corrected chi connectivity index (χ0v) is 10.2. The van der Waals surface area contributed by atoms with Crippen LogP contribution in [0, 0.1) is 0 Å². The molecule has 17 heavy (non-hydrogen) atoms. The third-order valence-corrected chi connectivity index (χ3v) is 2.41. The molecule has 4 heteroatoms. The number of urea groups is 1. The molecule has 0 aliphatic carbocycles. The highest BCUT2D eigenvalue weighted by Crippen LogP contribution is 2.10. The van der Waals surface area contributed by atoms with Gasteiger partial charge in [0.2, 0.25) is 0 Å². The van der Waals surface area contributed by atoms with Crippen molar-refractivity contribution in [2.45, 2.75) is 26.3 Å². The summed E-state index contributed by atoms with van der Waals surface area (Å²) in [5, 5.41) is 5.45. The zero-order chi connectivity index (χ0) is 12.7. The first-order valence-corrected chi connectivity index (χ1v) is 5.68. The van der Waals surface area contributed by atoms with Crippen molar-refractivity contribution in [3.8, 4) is 0 Å². The number of amides is 2. The maximum Gasteiger partial charge on any atom is 0.315 e. The normalized spacial score (nSPS) is 11.6. The predicted molar refractivity (Wildman–Crippen MR) is 66.7 cm³/mol. The molecule has 92 valence electrons. The van der Waals surface area contributed by atoms with Crippen LogP contribution in [0.3, 0.4) is 0 Å². The Kier molecular flexibility index (Phi) is 5.20. The summed E-state index contributed by atoms with van der Waals surface area (Å²) in [6.07, 6.45) is 0.368. The Hall–Kier alpha value is -1.84. The van der Waals surface area contributed by atoms with Gasteiger partial charge in [-0.2, -0.15) is 0 Å². The first kappa shape index (κ1) is 13.2. The van der Waals surface area contributed by atoms with Crippen LogP contribution < -0.4 is 10.6 Å². The largest absolute Gasteiger partial charge is 0.338 e. The number of nitrogens with one attached hydrogen (secondary N) is 2. The second kappa shape index (κ2) is 6.68. The van der Waals surface area contributed by atoms with Crippen LogP contribution in [-0.4, -0.2) is 18.4 Å². The lowest BCUT2D eigenvalue weighted by molar-refractivity contribution is -0.116. The van der Waals surface area contributed by atoms with Gasteiger partial charge in [0.1, 0.15) is 5.78 Å². The lowest BCUT2D eigenvalue weighted by Crippen LogP contribution is -2.37. The number of Topliss-reactive ketones (excluding diaryl/α,β-unsaturated/α-hetero) is 1. The van der Waals surface area contributed by atoms with Crippen molar-refractivity contribution in [1.29, 1.82) is 0 Å². The molecule has 1 rings (SSSR count). The minimum absolute atomic E-state index is 0.0477. The molecule has 0 aliphatic rings. The van der Waals surface area contributed by atoms with Crippen molar-refractivity contribution in [1.82, 2.24) is 10.6 Å². The third kappa shape index (κ3) is 5.15. The van der Waals surface area contributed by atoms with Gasteiger partial charge in [0.15, 0.2) is 0 Å². The van der Waals surface area contributed by atoms with E-state index in [2.05, 4.69) is 10.6 Å². The fourth-order valence-electron chi connectivity index (χ4n) is 1.42. The molecule has 1 atom stereocenters. The van der Waals surface area contributed by atoms with Gasteiger partial charge in [0, 0.05) is 13.0 Å². The Morgan fingerprint density at radius 1 is 1.24 bits per heavy atom. The van der Waals surface area contributed by atoms with Crippen molar-refractivity contribution in [2.24, 2.45) is 0 Å². The summed E-state index contributed by atoms with van der Waals surface area (Å²) in [5.74, 6) is 0.0707. The number of carbonyl (C=O) groups is 2. The van der Waals surface area contributed by atoms with Crippen LogP contribution in [0.2, 0.25) is 0 Å². The maximum absolute atomic E-state index is 11.5. The highest BCUT2D eigenvalue weighted by molar-refractivity contribution is 5.78. The second-order valence-corrected chi connectivity index (χ2v) is 3.98. The summed E-state index contributed by atoms with van der Waals surface area (Å²) in [6, 6.07) is 9.42. The van der Waals surface area contributed by atoms with Crippen molar-refractivity contribution in [2.75, 3.05) is 6.54 Å². The quantitative estimate of drug-likeness (QED) is 0.819. The lowest BCUT2D eigenvalue weighted by atomic mass is 10.1. The zero-order valence-electron chi connectivity index (χ0n) is 10.2. The SMILES string of the molecule is CC(=O)CCNC(=O)NC(C)c1ccccc1. The van der Waals surface area contributed by atoms with Gasteiger partial charge in [-0.25, -0.2) is 4.79 Å². The molecule has 0 fully saturated rings. The van der Waals surface area contributed by atoms with Gasteiger partial charge in [-0.15, -0.1) is 0 Å². The fraction of sp³-hybridized carbons (Fsp3) is 0.385. The van der Waals surface area contributed by atoms with E-state index in [0.717, 1.165) is 5.56 Å². The van der Waals surface area contributed by atoms with Crippen molar-refractivity contribution < 1.29 is 9.59 Å². The van der Waals surface area contributed by atoms with Gasteiger partial charge >= 0.3 is 6.03 Å². The molecule has 1 aromatic carbocycles. The first-order chi connectivity index (χ1) is 8.09. The molecular formula is C13H18N2O2. The van der Waals surface area contributed by atoms with Gasteiger partial charge < -0.3 is 10.6 Å². The average Bonchev–Trinajstić information content (AvgIpc) is 2.29. The molecular weight excluding hydrogens is 216 g/mol. The van der Waals surface area contributed by atoms with Gasteiger partial charge in [0.25, 0.3) is 0 Å². The maximum atomic E-state index is 11.5. The van der Waals surface area contributed by atoms with Gasteiger partial charge in [-0.1, -0.05) is 30.3 Å². The number of rotatable bonds is 5. The summed E-state index contributed by atoms with van der Waals surface area (Å²) in [7, 11) is 0. The van der Waals surface area contributed by atoms with Crippen molar-refractivity contribution >= 4 is 11.8 Å². The van der Waals surface area contributed by atoms with Crippen LogP contribution in [0.1, 0.15) is 31.9 Å². The number of benzene rings is 1. The molecule has 1 aromatic rings. The summed E-state index contributed by atoms with van der Waals surface area (Å²) >= 11 is 0. The summed E-state index contributed by atoms with van der Waals surface area (Å²) in [5.41, 5.74) is 1.05. The van der Waals surface area contributed by atoms with E-state index < -0.39 is 0 Å². The van der Waals surface area contributed by atoms with E-state index in [9.17, 15) is 9.59 Å². The smallest absolute Gasteiger partial charge is 0.315 e. The third-order valence-electron chi connectivity index (χ3n) is 2.41. The van der Waals surface area contributed by atoms with Gasteiger partial charge in [-0.3, -0.25) is 4.79 Å². The van der Waals surface area contributed by atoms with E-state index in [1.165, 1.54) is 6.92 Å². The molecule has 0 bridgehead atoms. The highest BCUT2D eigenvalue weighted by atomic mass is 16.2. The molecule has 2 amide bonds. The number of hydrogen-bond acceptors (Lipinski definition) is 2. The van der Waals surface area contributed by atoms with Crippen LogP contribution in [-0.2, 0) is 4.79 Å². The minimum atomic E-state index is -0.248. The van der Waals surface area contributed by atoms with Crippen LogP contribution >= 0.6 is 0 Å². The summed E-state index contributed by atoms with van der Waals surface area (Å²) < 4.78 is 0. The predicted octanol–water partition coefficient (Wildman–Crippen LogP) is 2.03. The van der Waals surface area contributed by atoms with Crippen LogP contribution in [0.5, 0.6) is 0 Å². The monoisotopic (exact) mass is 234 g/mol. The van der Waals surface area contributed by atoms with Gasteiger partial charge in [0.05, 0.1) is 6.04 Å². The Bertz CT molecular complexity index is 376. The Morgan fingerprint density at radius 2 is 1.88 bits per heavy atom. The Morgan fingerprint density at radius 3 is 2.47 bits per heavy atom. The van der Waals surface area contributed by atoms with Crippen LogP contribution in [0.4, 0.5) is 4.79 Å². The lowest BCUT2D eigenvalue weighted by Gasteiger charge is -2.14. The van der Waals surface area contributed by atoms with E-state index in [-0.39, 0.29) is 17.9 Å². The average molecular weight is 234 g/mol. The molecule has 2 N–H and O–H groups in total. The fourth-order valence-corrected chi connectivity index (χ4v) is 1.42. The van der Waals surface area contributed by atoms with Crippen LogP contribution in [0.25, 0.3) is 0 Å². The van der Waals surface area contributed by atoms with E-state index in [4.69, 9.17) is 0 Å². The second-order valence-electron chi connectivity index (χ2n) is 3.98. The molecule has 0 spiro atoms. The standard InChI is InChI=1S/C13H18N2O2/c1-10(16)8-9-14-13(17)15-11(2)12-6-4-3-5-7-12/h3-7,11H,8-9H2,1-2H3,(H2,14,15,17). The summed E-state index contributed by atoms with van der Waals surface area (Å²) in [6.45, 7) is 3.80. The highest BCUT2D eigenvalue weighted by Gasteiger charge is 2.08. The van der Waals surface area contributed by atoms with Crippen molar-refractivity contribution in [3.63, 3.8) is 0 Å². The molecule has 0 aromatic heterocycles. The molecule has 0 aliphatic heterocycles. The molecule has 0 radical (unpaired) electrons. The van der Waals surface area contributed by atoms with E-state index >= 15 is 0 Å². The van der Waals surface area contributed by atoms with E-state index in [0.29, 0.717) is 13.0 Å². The van der Waals surface area contributed by atoms with Crippen molar-refractivity contribution in [3.05, 3.63) is 35.9 Å². The van der Waals surface area contributed by atoms with E-state index in [1.807, 2.05) is 37.3 Å². The number of carbonyl (C=O) groups excluding carboxylic acids is 2. The van der Waals surface area contributed by atoms with Crippen LogP contribution in [0.15, 0.2) is 30.3 Å². The first-order valence-electron chi connectivity index (χ1n) is 5.68. The van der Waals surface area contributed by atoms with Gasteiger partial charge in [-0.05, 0) is 19.4 Å². The van der Waals surface area contributed by atoms with E-state index in [1.54, 1.807) is 0 Å². The number of hydrogen-bond donors (Lipinski definition) is 2. The Labute approximate surface area is 101 Å². The molecule has 4 nitrogen and oxygen atoms in total.